The standard InChI is InChI=1S/C16H19NO2/c1-16(2,3)12-4-5-14(18)13(10-12)15(19)11-6-8-17-9-7-11/h4-10,15,18-19H,1-3H3/t15-/m1/s1. The van der Waals surface area contributed by atoms with Gasteiger partial charge < -0.3 is 10.2 Å². The highest BCUT2D eigenvalue weighted by Crippen LogP contribution is 2.33. The van der Waals surface area contributed by atoms with Gasteiger partial charge in [0.1, 0.15) is 11.9 Å². The molecule has 3 heteroatoms. The molecule has 1 aromatic carbocycles. The lowest BCUT2D eigenvalue weighted by molar-refractivity contribution is 0.215. The van der Waals surface area contributed by atoms with Crippen LogP contribution >= 0.6 is 0 Å². The molecule has 0 bridgehead atoms. The van der Waals surface area contributed by atoms with Gasteiger partial charge in [-0.25, -0.2) is 0 Å². The summed E-state index contributed by atoms with van der Waals surface area (Å²) in [6.07, 6.45) is 2.41. The number of phenols is 1. The number of aliphatic hydroxyl groups is 1. The molecular weight excluding hydrogens is 238 g/mol. The van der Waals surface area contributed by atoms with Crippen LogP contribution in [0.25, 0.3) is 0 Å². The zero-order valence-electron chi connectivity index (χ0n) is 11.5. The molecule has 0 aliphatic heterocycles. The van der Waals surface area contributed by atoms with Crippen LogP contribution in [-0.2, 0) is 5.41 Å². The zero-order valence-corrected chi connectivity index (χ0v) is 11.5. The maximum atomic E-state index is 10.4. The molecule has 2 aromatic rings. The van der Waals surface area contributed by atoms with Crippen molar-refractivity contribution in [1.29, 1.82) is 0 Å². The number of aliphatic hydroxyl groups excluding tert-OH is 1. The smallest absolute Gasteiger partial charge is 0.121 e. The van der Waals surface area contributed by atoms with Crippen molar-refractivity contribution in [3.8, 4) is 5.75 Å². The van der Waals surface area contributed by atoms with Gasteiger partial charge in [-0.3, -0.25) is 4.98 Å². The highest BCUT2D eigenvalue weighted by molar-refractivity contribution is 5.43. The van der Waals surface area contributed by atoms with Gasteiger partial charge in [0.05, 0.1) is 0 Å². The molecule has 1 heterocycles. The molecule has 0 saturated heterocycles. The number of nitrogens with zero attached hydrogens (tertiary/aromatic N) is 1. The largest absolute Gasteiger partial charge is 0.508 e. The topological polar surface area (TPSA) is 53.4 Å². The Morgan fingerprint density at radius 2 is 1.68 bits per heavy atom. The molecule has 0 unspecified atom stereocenters. The second-order valence-corrected chi connectivity index (χ2v) is 5.71. The number of aromatic nitrogens is 1. The normalized spacial score (nSPS) is 13.3. The lowest BCUT2D eigenvalue weighted by Crippen LogP contribution is -2.12. The molecule has 0 radical (unpaired) electrons. The molecule has 0 saturated carbocycles. The van der Waals surface area contributed by atoms with Gasteiger partial charge in [-0.05, 0) is 40.8 Å². The summed E-state index contributed by atoms with van der Waals surface area (Å²) in [6.45, 7) is 6.30. The van der Waals surface area contributed by atoms with Crippen LogP contribution in [-0.4, -0.2) is 15.2 Å². The average molecular weight is 257 g/mol. The fourth-order valence-electron chi connectivity index (χ4n) is 1.97. The molecule has 2 N–H and O–H groups in total. The first kappa shape index (κ1) is 13.6. The minimum absolute atomic E-state index is 0.0274. The summed E-state index contributed by atoms with van der Waals surface area (Å²) in [6, 6.07) is 8.88. The van der Waals surface area contributed by atoms with E-state index in [0.717, 1.165) is 11.1 Å². The lowest BCUT2D eigenvalue weighted by atomic mass is 9.85. The predicted octanol–water partition coefficient (Wildman–Crippen LogP) is 3.17. The van der Waals surface area contributed by atoms with E-state index in [4.69, 9.17) is 0 Å². The average Bonchev–Trinajstić information content (AvgIpc) is 2.38. The number of benzene rings is 1. The van der Waals surface area contributed by atoms with Crippen LogP contribution in [0.3, 0.4) is 0 Å². The number of aromatic hydroxyl groups is 1. The van der Waals surface area contributed by atoms with Crippen LogP contribution in [0, 0.1) is 0 Å². The molecule has 2 rings (SSSR count). The Morgan fingerprint density at radius 1 is 1.05 bits per heavy atom. The lowest BCUT2D eigenvalue weighted by Gasteiger charge is -2.22. The number of rotatable bonds is 2. The van der Waals surface area contributed by atoms with E-state index in [2.05, 4.69) is 25.8 Å². The van der Waals surface area contributed by atoms with Gasteiger partial charge in [-0.1, -0.05) is 26.8 Å². The molecule has 0 spiro atoms. The molecule has 3 nitrogen and oxygen atoms in total. The third kappa shape index (κ3) is 2.93. The fourth-order valence-corrected chi connectivity index (χ4v) is 1.97. The van der Waals surface area contributed by atoms with Crippen LogP contribution in [0.5, 0.6) is 5.75 Å². The third-order valence-corrected chi connectivity index (χ3v) is 3.21. The Balaban J connectivity index is 2.45. The highest BCUT2D eigenvalue weighted by atomic mass is 16.3. The van der Waals surface area contributed by atoms with Crippen LogP contribution < -0.4 is 0 Å². The minimum atomic E-state index is -0.842. The maximum absolute atomic E-state index is 10.4. The summed E-state index contributed by atoms with van der Waals surface area (Å²) in [5.41, 5.74) is 2.30. The van der Waals surface area contributed by atoms with E-state index in [1.165, 1.54) is 0 Å². The number of hydrogen-bond acceptors (Lipinski definition) is 3. The minimum Gasteiger partial charge on any atom is -0.508 e. The van der Waals surface area contributed by atoms with Gasteiger partial charge in [0.15, 0.2) is 0 Å². The van der Waals surface area contributed by atoms with E-state index in [1.54, 1.807) is 30.6 Å². The quantitative estimate of drug-likeness (QED) is 0.868. The van der Waals surface area contributed by atoms with Crippen molar-refractivity contribution < 1.29 is 10.2 Å². The molecule has 0 aliphatic carbocycles. The highest BCUT2D eigenvalue weighted by Gasteiger charge is 2.19. The zero-order chi connectivity index (χ0) is 14.0. The van der Waals surface area contributed by atoms with Crippen LogP contribution in [0.15, 0.2) is 42.7 Å². The summed E-state index contributed by atoms with van der Waals surface area (Å²) in [7, 11) is 0. The van der Waals surface area contributed by atoms with E-state index >= 15 is 0 Å². The molecular formula is C16H19NO2. The Hall–Kier alpha value is -1.87. The van der Waals surface area contributed by atoms with Crippen molar-refractivity contribution in [2.75, 3.05) is 0 Å². The molecule has 0 amide bonds. The first-order valence-electron chi connectivity index (χ1n) is 6.31. The van der Waals surface area contributed by atoms with Crippen LogP contribution in [0.4, 0.5) is 0 Å². The second-order valence-electron chi connectivity index (χ2n) is 5.71. The Morgan fingerprint density at radius 3 is 2.26 bits per heavy atom. The van der Waals surface area contributed by atoms with E-state index < -0.39 is 6.10 Å². The van der Waals surface area contributed by atoms with Gasteiger partial charge in [0.2, 0.25) is 0 Å². The molecule has 19 heavy (non-hydrogen) atoms. The van der Waals surface area contributed by atoms with E-state index in [0.29, 0.717) is 5.56 Å². The van der Waals surface area contributed by atoms with Gasteiger partial charge in [0, 0.05) is 18.0 Å². The summed E-state index contributed by atoms with van der Waals surface area (Å²) in [4.78, 5) is 3.93. The Kier molecular flexibility index (Phi) is 3.58. The molecule has 100 valence electrons. The molecule has 0 fully saturated rings. The molecule has 0 aliphatic rings. The molecule has 1 aromatic heterocycles. The number of phenolic OH excluding ortho intramolecular Hbond substituents is 1. The van der Waals surface area contributed by atoms with Crippen molar-refractivity contribution in [2.24, 2.45) is 0 Å². The summed E-state index contributed by atoms with van der Waals surface area (Å²) in [5.74, 6) is 0.109. The van der Waals surface area contributed by atoms with Crippen molar-refractivity contribution >= 4 is 0 Å². The first-order valence-corrected chi connectivity index (χ1v) is 6.31. The summed E-state index contributed by atoms with van der Waals surface area (Å²) >= 11 is 0. The fraction of sp³-hybridized carbons (Fsp3) is 0.312. The van der Waals surface area contributed by atoms with Crippen molar-refractivity contribution in [3.05, 3.63) is 59.4 Å². The monoisotopic (exact) mass is 257 g/mol. The second kappa shape index (κ2) is 5.02. The van der Waals surface area contributed by atoms with E-state index in [9.17, 15) is 10.2 Å². The number of pyridine rings is 1. The SMILES string of the molecule is CC(C)(C)c1ccc(O)c([C@H](O)c2ccncc2)c1. The van der Waals surface area contributed by atoms with Gasteiger partial charge >= 0.3 is 0 Å². The maximum Gasteiger partial charge on any atom is 0.121 e. The van der Waals surface area contributed by atoms with Gasteiger partial charge in [-0.15, -0.1) is 0 Å². The van der Waals surface area contributed by atoms with Crippen molar-refractivity contribution in [1.82, 2.24) is 4.98 Å². The molecule has 1 atom stereocenters. The van der Waals surface area contributed by atoms with Crippen molar-refractivity contribution in [3.63, 3.8) is 0 Å². The van der Waals surface area contributed by atoms with E-state index in [1.807, 2.05) is 12.1 Å². The van der Waals surface area contributed by atoms with Crippen molar-refractivity contribution in [2.45, 2.75) is 32.3 Å². The van der Waals surface area contributed by atoms with Crippen LogP contribution in [0.1, 0.15) is 43.6 Å². The third-order valence-electron chi connectivity index (χ3n) is 3.21. The van der Waals surface area contributed by atoms with Crippen LogP contribution in [0.2, 0.25) is 0 Å². The summed E-state index contributed by atoms with van der Waals surface area (Å²) < 4.78 is 0. The predicted molar refractivity (Wildman–Crippen MR) is 75.1 cm³/mol. The summed E-state index contributed by atoms with van der Waals surface area (Å²) in [5, 5.41) is 20.3. The Labute approximate surface area is 113 Å². The van der Waals surface area contributed by atoms with Gasteiger partial charge in [-0.2, -0.15) is 0 Å². The first-order chi connectivity index (χ1) is 8.89. The Bertz CT molecular complexity index is 559. The number of hydrogen-bond donors (Lipinski definition) is 2. The van der Waals surface area contributed by atoms with Gasteiger partial charge in [0.25, 0.3) is 0 Å². The van der Waals surface area contributed by atoms with E-state index in [-0.39, 0.29) is 11.2 Å².